The van der Waals surface area contributed by atoms with Crippen molar-refractivity contribution in [1.82, 2.24) is 5.32 Å². The summed E-state index contributed by atoms with van der Waals surface area (Å²) in [4.78, 5) is 22.0. The molecule has 1 rings (SSSR count). The van der Waals surface area contributed by atoms with Crippen LogP contribution in [0.25, 0.3) is 0 Å². The van der Waals surface area contributed by atoms with Gasteiger partial charge in [0.1, 0.15) is 6.04 Å². The SMILES string of the molecule is N[C@@H](CSCCNC(=O)Cc1ccccc1)C(=O)O. The molecule has 0 fully saturated rings. The maximum atomic E-state index is 11.6. The zero-order valence-corrected chi connectivity index (χ0v) is 11.4. The van der Waals surface area contributed by atoms with Gasteiger partial charge in [0.05, 0.1) is 6.42 Å². The molecule has 0 aliphatic carbocycles. The van der Waals surface area contributed by atoms with Crippen LogP contribution >= 0.6 is 11.8 Å². The Labute approximate surface area is 116 Å². The number of aliphatic carboxylic acids is 1. The van der Waals surface area contributed by atoms with E-state index in [-0.39, 0.29) is 5.91 Å². The smallest absolute Gasteiger partial charge is 0.321 e. The van der Waals surface area contributed by atoms with Gasteiger partial charge in [-0.2, -0.15) is 11.8 Å². The number of nitrogens with two attached hydrogens (primary N) is 1. The van der Waals surface area contributed by atoms with Crippen LogP contribution in [0, 0.1) is 0 Å². The van der Waals surface area contributed by atoms with Crippen molar-refractivity contribution in [2.24, 2.45) is 5.73 Å². The summed E-state index contributed by atoms with van der Waals surface area (Å²) in [7, 11) is 0. The summed E-state index contributed by atoms with van der Waals surface area (Å²) in [6.07, 6.45) is 0.361. The fourth-order valence-electron chi connectivity index (χ4n) is 1.39. The third kappa shape index (κ3) is 6.83. The largest absolute Gasteiger partial charge is 0.480 e. The number of thioether (sulfide) groups is 1. The van der Waals surface area contributed by atoms with Crippen molar-refractivity contribution in [2.45, 2.75) is 12.5 Å². The van der Waals surface area contributed by atoms with Gasteiger partial charge < -0.3 is 16.2 Å². The molecule has 0 heterocycles. The van der Waals surface area contributed by atoms with Crippen molar-refractivity contribution in [1.29, 1.82) is 0 Å². The van der Waals surface area contributed by atoms with Crippen LogP contribution in [0.2, 0.25) is 0 Å². The lowest BCUT2D eigenvalue weighted by Crippen LogP contribution is -2.33. The lowest BCUT2D eigenvalue weighted by atomic mass is 10.1. The highest BCUT2D eigenvalue weighted by atomic mass is 32.2. The van der Waals surface area contributed by atoms with E-state index >= 15 is 0 Å². The van der Waals surface area contributed by atoms with E-state index in [0.717, 1.165) is 5.56 Å². The Kier molecular flexibility index (Phi) is 6.99. The molecule has 0 saturated heterocycles. The number of carboxylic acid groups (broad SMARTS) is 1. The zero-order chi connectivity index (χ0) is 14.1. The molecular weight excluding hydrogens is 264 g/mol. The molecule has 0 spiro atoms. The molecule has 0 bridgehead atoms. The predicted molar refractivity (Wildman–Crippen MR) is 76.1 cm³/mol. The number of carboxylic acids is 1. The van der Waals surface area contributed by atoms with E-state index in [2.05, 4.69) is 5.32 Å². The summed E-state index contributed by atoms with van der Waals surface area (Å²) in [5, 5.41) is 11.4. The number of benzene rings is 1. The number of nitrogens with one attached hydrogen (secondary N) is 1. The van der Waals surface area contributed by atoms with Gasteiger partial charge in [-0.05, 0) is 5.56 Å². The topological polar surface area (TPSA) is 92.4 Å². The summed E-state index contributed by atoms with van der Waals surface area (Å²) in [5.74, 6) is -0.0271. The van der Waals surface area contributed by atoms with Crippen molar-refractivity contribution in [3.63, 3.8) is 0 Å². The fourth-order valence-corrected chi connectivity index (χ4v) is 2.20. The minimum absolute atomic E-state index is 0.0330. The maximum Gasteiger partial charge on any atom is 0.321 e. The molecule has 1 atom stereocenters. The molecule has 0 saturated carbocycles. The van der Waals surface area contributed by atoms with E-state index in [4.69, 9.17) is 10.8 Å². The molecule has 5 nitrogen and oxygen atoms in total. The van der Waals surface area contributed by atoms with Gasteiger partial charge in [-0.1, -0.05) is 30.3 Å². The molecule has 4 N–H and O–H groups in total. The first-order valence-electron chi connectivity index (χ1n) is 5.96. The Morgan fingerprint density at radius 3 is 2.63 bits per heavy atom. The van der Waals surface area contributed by atoms with Gasteiger partial charge in [0.15, 0.2) is 0 Å². The molecule has 0 aliphatic heterocycles. The molecule has 1 aromatic carbocycles. The summed E-state index contributed by atoms with van der Waals surface area (Å²) >= 11 is 1.42. The normalized spacial score (nSPS) is 11.8. The molecule has 104 valence electrons. The number of amides is 1. The molecule has 0 aromatic heterocycles. The standard InChI is InChI=1S/C13H18N2O3S/c14-11(13(17)18)9-19-7-6-15-12(16)8-10-4-2-1-3-5-10/h1-5,11H,6-9,14H2,(H,15,16)(H,17,18)/t11-/m0/s1. The first kappa shape index (κ1) is 15.5. The van der Waals surface area contributed by atoms with Crippen LogP contribution in [0.3, 0.4) is 0 Å². The fraction of sp³-hybridized carbons (Fsp3) is 0.385. The van der Waals surface area contributed by atoms with Gasteiger partial charge in [-0.3, -0.25) is 9.59 Å². The van der Waals surface area contributed by atoms with Crippen molar-refractivity contribution in [2.75, 3.05) is 18.1 Å². The Bertz CT molecular complexity index is 412. The molecule has 0 unspecified atom stereocenters. The third-order valence-electron chi connectivity index (χ3n) is 2.39. The van der Waals surface area contributed by atoms with Gasteiger partial charge in [0.2, 0.25) is 5.91 Å². The molecular formula is C13H18N2O3S. The van der Waals surface area contributed by atoms with Gasteiger partial charge >= 0.3 is 5.97 Å². The molecule has 0 radical (unpaired) electrons. The number of hydrogen-bond acceptors (Lipinski definition) is 4. The summed E-state index contributed by atoms with van der Waals surface area (Å²) in [6.45, 7) is 0.517. The number of rotatable bonds is 8. The Morgan fingerprint density at radius 2 is 2.00 bits per heavy atom. The minimum atomic E-state index is -0.999. The number of hydrogen-bond donors (Lipinski definition) is 3. The first-order chi connectivity index (χ1) is 9.09. The van der Waals surface area contributed by atoms with Gasteiger partial charge in [0.25, 0.3) is 0 Å². The van der Waals surface area contributed by atoms with Crippen molar-refractivity contribution < 1.29 is 14.7 Å². The highest BCUT2D eigenvalue weighted by Gasteiger charge is 2.10. The van der Waals surface area contributed by atoms with Crippen molar-refractivity contribution in [3.05, 3.63) is 35.9 Å². The van der Waals surface area contributed by atoms with Crippen molar-refractivity contribution >= 4 is 23.6 Å². The first-order valence-corrected chi connectivity index (χ1v) is 7.12. The van der Waals surface area contributed by atoms with Crippen LogP contribution < -0.4 is 11.1 Å². The Morgan fingerprint density at radius 1 is 1.32 bits per heavy atom. The van der Waals surface area contributed by atoms with Crippen LogP contribution in [-0.2, 0) is 16.0 Å². The van der Waals surface area contributed by atoms with Crippen LogP contribution in [0.5, 0.6) is 0 Å². The lowest BCUT2D eigenvalue weighted by Gasteiger charge is -2.07. The quantitative estimate of drug-likeness (QED) is 0.604. The second-order valence-electron chi connectivity index (χ2n) is 4.03. The van der Waals surface area contributed by atoms with Gasteiger partial charge in [-0.25, -0.2) is 0 Å². The Balaban J connectivity index is 2.10. The average Bonchev–Trinajstić information content (AvgIpc) is 2.39. The van der Waals surface area contributed by atoms with Crippen LogP contribution in [0.1, 0.15) is 5.56 Å². The van der Waals surface area contributed by atoms with E-state index in [0.29, 0.717) is 24.5 Å². The minimum Gasteiger partial charge on any atom is -0.480 e. The summed E-state index contributed by atoms with van der Waals surface area (Å²) < 4.78 is 0. The molecule has 6 heteroatoms. The van der Waals surface area contributed by atoms with E-state index < -0.39 is 12.0 Å². The number of carbonyl (C=O) groups is 2. The monoisotopic (exact) mass is 282 g/mol. The predicted octanol–water partition coefficient (Wildman–Crippen LogP) is 0.490. The molecule has 0 aliphatic rings. The van der Waals surface area contributed by atoms with Crippen LogP contribution in [0.15, 0.2) is 30.3 Å². The van der Waals surface area contributed by atoms with E-state index in [9.17, 15) is 9.59 Å². The van der Waals surface area contributed by atoms with E-state index in [1.165, 1.54) is 11.8 Å². The van der Waals surface area contributed by atoms with E-state index in [1.807, 2.05) is 30.3 Å². The molecule has 1 aromatic rings. The third-order valence-corrected chi connectivity index (χ3v) is 3.48. The second-order valence-corrected chi connectivity index (χ2v) is 5.18. The average molecular weight is 282 g/mol. The highest BCUT2D eigenvalue weighted by Crippen LogP contribution is 2.01. The second kappa shape index (κ2) is 8.55. The van der Waals surface area contributed by atoms with E-state index in [1.54, 1.807) is 0 Å². The summed E-state index contributed by atoms with van der Waals surface area (Å²) in [5.41, 5.74) is 6.33. The van der Waals surface area contributed by atoms with Gasteiger partial charge in [-0.15, -0.1) is 0 Å². The number of carbonyl (C=O) groups excluding carboxylic acids is 1. The van der Waals surface area contributed by atoms with Gasteiger partial charge in [0, 0.05) is 18.1 Å². The van der Waals surface area contributed by atoms with Crippen LogP contribution in [-0.4, -0.2) is 41.1 Å². The van der Waals surface area contributed by atoms with Crippen LogP contribution in [0.4, 0.5) is 0 Å². The van der Waals surface area contributed by atoms with Crippen molar-refractivity contribution in [3.8, 4) is 0 Å². The molecule has 19 heavy (non-hydrogen) atoms. The lowest BCUT2D eigenvalue weighted by molar-refractivity contribution is -0.137. The zero-order valence-electron chi connectivity index (χ0n) is 10.5. The molecule has 1 amide bonds. The highest BCUT2D eigenvalue weighted by molar-refractivity contribution is 7.99. The Hall–Kier alpha value is -1.53. The maximum absolute atomic E-state index is 11.6. The summed E-state index contributed by atoms with van der Waals surface area (Å²) in [6, 6.07) is 8.66.